The number of rotatable bonds is 14. The molecule has 2 atom stereocenters. The summed E-state index contributed by atoms with van der Waals surface area (Å²) in [5, 5.41) is 46.8. The lowest BCUT2D eigenvalue weighted by Crippen LogP contribution is -2.64. The number of nitrogens with one attached hydrogen (secondary N) is 4. The molecular weight excluding hydrogens is 656 g/mol. The highest BCUT2D eigenvalue weighted by Crippen LogP contribution is 2.54. The monoisotopic (exact) mass is 706 g/mol. The van der Waals surface area contributed by atoms with Crippen LogP contribution in [0.25, 0.3) is 21.5 Å². The number of esters is 2. The number of ether oxygens (including phenoxy) is 2. The number of carbonyl (C=O) groups is 2. The van der Waals surface area contributed by atoms with Gasteiger partial charge in [-0.3, -0.25) is 9.59 Å². The van der Waals surface area contributed by atoms with E-state index >= 15 is 0 Å². The molecule has 276 valence electrons. The third-order valence-electron chi connectivity index (χ3n) is 10.9. The molecule has 4 aromatic rings. The fourth-order valence-electron chi connectivity index (χ4n) is 8.19. The van der Waals surface area contributed by atoms with E-state index in [9.17, 15) is 19.8 Å². The Morgan fingerprint density at radius 1 is 0.615 bits per heavy atom. The van der Waals surface area contributed by atoms with Crippen LogP contribution in [0.3, 0.4) is 0 Å². The Morgan fingerprint density at radius 2 is 1.04 bits per heavy atom. The molecule has 1 saturated carbocycles. The molecule has 0 aromatic heterocycles. The number of benzene rings is 4. The van der Waals surface area contributed by atoms with Crippen LogP contribution < -0.4 is 31.5 Å². The first-order valence-corrected chi connectivity index (χ1v) is 18.9. The van der Waals surface area contributed by atoms with Crippen LogP contribution in [0.5, 0.6) is 0 Å². The molecule has 2 unspecified atom stereocenters. The Morgan fingerprint density at radius 3 is 1.44 bits per heavy atom. The van der Waals surface area contributed by atoms with Crippen molar-refractivity contribution < 1.29 is 29.3 Å². The number of anilines is 4. The predicted molar refractivity (Wildman–Crippen MR) is 202 cm³/mol. The first kappa shape index (κ1) is 35.8. The Labute approximate surface area is 305 Å². The molecule has 1 fully saturated rings. The summed E-state index contributed by atoms with van der Waals surface area (Å²) in [7, 11) is 0. The van der Waals surface area contributed by atoms with E-state index in [1.165, 1.54) is 0 Å². The van der Waals surface area contributed by atoms with Gasteiger partial charge in [0.05, 0.1) is 0 Å². The van der Waals surface area contributed by atoms with Crippen molar-refractivity contribution in [2.45, 2.75) is 114 Å². The van der Waals surface area contributed by atoms with Gasteiger partial charge in [-0.05, 0) is 72.6 Å². The SMILES string of the molecule is CCCCCC(=O)OCC1(C)Nc2cccc3ccc(C4C([O-])C(c5ccc6cccc7c6c5NC(C)(COC(=O)CCCCC)N7)C4[O-])c(c23)N1. The highest BCUT2D eigenvalue weighted by molar-refractivity contribution is 6.08. The Hall–Kier alpha value is -4.54. The molecule has 0 spiro atoms. The van der Waals surface area contributed by atoms with Gasteiger partial charge in [0.2, 0.25) is 0 Å². The number of hydrogen-bond acceptors (Lipinski definition) is 10. The molecule has 1 aliphatic carbocycles. The van der Waals surface area contributed by atoms with Gasteiger partial charge < -0.3 is 41.0 Å². The molecule has 10 heteroatoms. The zero-order valence-electron chi connectivity index (χ0n) is 30.6. The normalized spacial score (nSPS) is 25.7. The first-order chi connectivity index (χ1) is 25.0. The fourth-order valence-corrected chi connectivity index (χ4v) is 8.19. The molecule has 7 rings (SSSR count). The minimum atomic E-state index is -1.21. The zero-order chi connectivity index (χ0) is 36.6. The van der Waals surface area contributed by atoms with E-state index in [0.717, 1.165) is 82.8 Å². The van der Waals surface area contributed by atoms with E-state index < -0.39 is 35.4 Å². The van der Waals surface area contributed by atoms with Crippen LogP contribution in [-0.2, 0) is 19.1 Å². The standard InChI is InChI=1S/C42H50N4O6/c1-5-7-9-17-31(47)51-23-41(3)43-29-15-11-13-25-19-21-27(37(45-41)33(25)29)35-39(49)36(40(35)50)28-22-20-26-14-12-16-30-34(26)38(28)46-42(4,44-30)24-52-32(48)18-10-8-6-2/h11-16,19-22,35-36,39-40,43-46H,5-10,17-18,23-24H2,1-4H3/q-2. The van der Waals surface area contributed by atoms with E-state index in [-0.39, 0.29) is 25.2 Å². The third-order valence-corrected chi connectivity index (χ3v) is 10.9. The molecule has 0 saturated heterocycles. The van der Waals surface area contributed by atoms with Gasteiger partial charge in [-0.15, -0.1) is 12.2 Å². The van der Waals surface area contributed by atoms with Gasteiger partial charge in [-0.2, -0.15) is 0 Å². The van der Waals surface area contributed by atoms with Crippen LogP contribution in [0.1, 0.15) is 102 Å². The second kappa shape index (κ2) is 14.5. The number of hydrogen-bond donors (Lipinski definition) is 4. The van der Waals surface area contributed by atoms with Gasteiger partial charge in [0, 0.05) is 46.4 Å². The van der Waals surface area contributed by atoms with Crippen LogP contribution >= 0.6 is 0 Å². The summed E-state index contributed by atoms with van der Waals surface area (Å²) in [6.45, 7) is 8.19. The van der Waals surface area contributed by atoms with Crippen molar-refractivity contribution in [1.82, 2.24) is 0 Å². The van der Waals surface area contributed by atoms with Gasteiger partial charge in [0.15, 0.2) is 0 Å². The lowest BCUT2D eigenvalue weighted by atomic mass is 9.62. The quantitative estimate of drug-likeness (QED) is 0.0827. The van der Waals surface area contributed by atoms with E-state index in [2.05, 4.69) is 35.1 Å². The molecule has 0 bridgehead atoms. The molecule has 0 radical (unpaired) electrons. The number of carbonyl (C=O) groups excluding carboxylic acids is 2. The molecule has 4 aromatic carbocycles. The molecule has 4 N–H and O–H groups in total. The van der Waals surface area contributed by atoms with Crippen molar-refractivity contribution in [2.24, 2.45) is 0 Å². The van der Waals surface area contributed by atoms with Crippen LogP contribution in [0.4, 0.5) is 22.7 Å². The van der Waals surface area contributed by atoms with Crippen LogP contribution in [0.15, 0.2) is 60.7 Å². The third kappa shape index (κ3) is 6.74. The van der Waals surface area contributed by atoms with Gasteiger partial charge in [-0.25, -0.2) is 0 Å². The van der Waals surface area contributed by atoms with Crippen LogP contribution in [-0.4, -0.2) is 48.7 Å². The fraction of sp³-hybridized carbons (Fsp3) is 0.476. The summed E-state index contributed by atoms with van der Waals surface area (Å²) in [5.41, 5.74) is 2.85. The molecular formula is C42H50N4O6-2. The van der Waals surface area contributed by atoms with Gasteiger partial charge in [0.25, 0.3) is 0 Å². The molecule has 2 aliphatic heterocycles. The van der Waals surface area contributed by atoms with Gasteiger partial charge >= 0.3 is 11.9 Å². The summed E-state index contributed by atoms with van der Waals surface area (Å²) in [6, 6.07) is 19.6. The largest absolute Gasteiger partial charge is 0.851 e. The second-order valence-corrected chi connectivity index (χ2v) is 15.2. The maximum Gasteiger partial charge on any atom is 0.305 e. The topological polar surface area (TPSA) is 147 Å². The summed E-state index contributed by atoms with van der Waals surface area (Å²) >= 11 is 0. The summed E-state index contributed by atoms with van der Waals surface area (Å²) in [6.07, 6.45) is 3.89. The van der Waals surface area contributed by atoms with Crippen molar-refractivity contribution >= 4 is 56.2 Å². The van der Waals surface area contributed by atoms with E-state index in [4.69, 9.17) is 9.47 Å². The molecule has 2 heterocycles. The van der Waals surface area contributed by atoms with E-state index in [0.29, 0.717) is 24.0 Å². The number of unbranched alkanes of at least 4 members (excludes halogenated alkanes) is 4. The highest BCUT2D eigenvalue weighted by Gasteiger charge is 2.44. The van der Waals surface area contributed by atoms with Gasteiger partial charge in [0.1, 0.15) is 24.5 Å². The average molecular weight is 707 g/mol. The highest BCUT2D eigenvalue weighted by atomic mass is 16.5. The van der Waals surface area contributed by atoms with Crippen molar-refractivity contribution in [3.63, 3.8) is 0 Å². The van der Waals surface area contributed by atoms with E-state index in [1.807, 2.05) is 74.5 Å². The molecule has 10 nitrogen and oxygen atoms in total. The van der Waals surface area contributed by atoms with Crippen LogP contribution in [0, 0.1) is 0 Å². The summed E-state index contributed by atoms with van der Waals surface area (Å²) in [5.74, 6) is -2.08. The minimum absolute atomic E-state index is 0.0757. The lowest BCUT2D eigenvalue weighted by molar-refractivity contribution is -0.535. The summed E-state index contributed by atoms with van der Waals surface area (Å²) in [4.78, 5) is 25.1. The van der Waals surface area contributed by atoms with Crippen molar-refractivity contribution in [2.75, 3.05) is 34.5 Å². The van der Waals surface area contributed by atoms with Crippen molar-refractivity contribution in [1.29, 1.82) is 0 Å². The van der Waals surface area contributed by atoms with Crippen molar-refractivity contribution in [3.8, 4) is 0 Å². The predicted octanol–water partition coefficient (Wildman–Crippen LogP) is 6.69. The minimum Gasteiger partial charge on any atom is -0.851 e. The second-order valence-electron chi connectivity index (χ2n) is 15.2. The van der Waals surface area contributed by atoms with Crippen molar-refractivity contribution in [3.05, 3.63) is 71.8 Å². The average Bonchev–Trinajstić information content (AvgIpc) is 3.12. The van der Waals surface area contributed by atoms with E-state index in [1.54, 1.807) is 0 Å². The first-order valence-electron chi connectivity index (χ1n) is 18.9. The molecule has 3 aliphatic rings. The Bertz CT molecular complexity index is 1830. The lowest BCUT2D eigenvalue weighted by Gasteiger charge is -2.62. The Kier molecular flexibility index (Phi) is 9.97. The smallest absolute Gasteiger partial charge is 0.305 e. The zero-order valence-corrected chi connectivity index (χ0v) is 30.6. The summed E-state index contributed by atoms with van der Waals surface area (Å²) < 4.78 is 11.4. The van der Waals surface area contributed by atoms with Gasteiger partial charge in [-0.1, -0.05) is 88.1 Å². The molecule has 0 amide bonds. The molecule has 52 heavy (non-hydrogen) atoms. The maximum atomic E-state index is 14.4. The Balaban J connectivity index is 1.16. The maximum absolute atomic E-state index is 14.4. The van der Waals surface area contributed by atoms with Crippen LogP contribution in [0.2, 0.25) is 0 Å².